The normalized spacial score (nSPS) is 17.2. The summed E-state index contributed by atoms with van der Waals surface area (Å²) in [6.07, 6.45) is 3.52. The number of ether oxygens (including phenoxy) is 1. The molecule has 26 heavy (non-hydrogen) atoms. The van der Waals surface area contributed by atoms with E-state index in [1.54, 1.807) is 18.5 Å². The maximum absolute atomic E-state index is 12.8. The van der Waals surface area contributed by atoms with Crippen molar-refractivity contribution in [2.75, 3.05) is 32.8 Å². The fourth-order valence-electron chi connectivity index (χ4n) is 3.29. The summed E-state index contributed by atoms with van der Waals surface area (Å²) in [4.78, 5) is 6.76. The summed E-state index contributed by atoms with van der Waals surface area (Å²) in [7, 11) is -3.58. The van der Waals surface area contributed by atoms with Gasteiger partial charge in [0.1, 0.15) is 0 Å². The average Bonchev–Trinajstić information content (AvgIpc) is 2.63. The SMILES string of the molecule is Cc1ccc(S(=O)(=O)NCC(c2cccnc2)N2CCOCC2)c(C)c1. The van der Waals surface area contributed by atoms with Gasteiger partial charge in [0.15, 0.2) is 0 Å². The first-order valence-corrected chi connectivity index (χ1v) is 10.2. The highest BCUT2D eigenvalue weighted by molar-refractivity contribution is 7.89. The number of sulfonamides is 1. The summed E-state index contributed by atoms with van der Waals surface area (Å²) in [6, 6.07) is 9.16. The van der Waals surface area contributed by atoms with Gasteiger partial charge in [0, 0.05) is 32.0 Å². The quantitative estimate of drug-likeness (QED) is 0.837. The lowest BCUT2D eigenvalue weighted by atomic mass is 10.1. The Morgan fingerprint density at radius 1 is 1.23 bits per heavy atom. The lowest BCUT2D eigenvalue weighted by Crippen LogP contribution is -2.43. The van der Waals surface area contributed by atoms with Crippen LogP contribution in [0.25, 0.3) is 0 Å². The Balaban J connectivity index is 1.80. The molecule has 1 atom stereocenters. The molecule has 2 aromatic rings. The third kappa shape index (κ3) is 4.48. The van der Waals surface area contributed by atoms with Crippen molar-refractivity contribution in [2.24, 2.45) is 0 Å². The van der Waals surface area contributed by atoms with E-state index in [1.807, 2.05) is 38.1 Å². The van der Waals surface area contributed by atoms with E-state index in [2.05, 4.69) is 14.6 Å². The van der Waals surface area contributed by atoms with Crippen molar-refractivity contribution in [2.45, 2.75) is 24.8 Å². The highest BCUT2D eigenvalue weighted by atomic mass is 32.2. The number of aromatic nitrogens is 1. The van der Waals surface area contributed by atoms with Gasteiger partial charge in [-0.25, -0.2) is 13.1 Å². The van der Waals surface area contributed by atoms with Crippen LogP contribution in [0.5, 0.6) is 0 Å². The Kier molecular flexibility index (Phi) is 6.03. The number of nitrogens with zero attached hydrogens (tertiary/aromatic N) is 2. The van der Waals surface area contributed by atoms with E-state index in [0.717, 1.165) is 29.8 Å². The second kappa shape index (κ2) is 8.26. The smallest absolute Gasteiger partial charge is 0.240 e. The maximum atomic E-state index is 12.8. The molecular weight excluding hydrogens is 350 g/mol. The van der Waals surface area contributed by atoms with E-state index in [1.165, 1.54) is 0 Å². The molecular formula is C19H25N3O3S. The molecule has 0 spiro atoms. The van der Waals surface area contributed by atoms with E-state index in [9.17, 15) is 8.42 Å². The molecule has 1 fully saturated rings. The first kappa shape index (κ1) is 19.0. The second-order valence-electron chi connectivity index (χ2n) is 6.57. The molecule has 0 amide bonds. The number of benzene rings is 1. The van der Waals surface area contributed by atoms with Crippen LogP contribution >= 0.6 is 0 Å². The van der Waals surface area contributed by atoms with Crippen LogP contribution < -0.4 is 4.72 Å². The van der Waals surface area contributed by atoms with Gasteiger partial charge in [-0.15, -0.1) is 0 Å². The Morgan fingerprint density at radius 3 is 2.65 bits per heavy atom. The number of pyridine rings is 1. The van der Waals surface area contributed by atoms with Gasteiger partial charge in [0.25, 0.3) is 0 Å². The number of morpholine rings is 1. The van der Waals surface area contributed by atoms with Gasteiger partial charge in [0.2, 0.25) is 10.0 Å². The van der Waals surface area contributed by atoms with Crippen LogP contribution in [0.3, 0.4) is 0 Å². The molecule has 0 bridgehead atoms. The Bertz CT molecular complexity index is 834. The van der Waals surface area contributed by atoms with Crippen LogP contribution in [0.4, 0.5) is 0 Å². The Labute approximate surface area is 155 Å². The molecule has 0 aliphatic carbocycles. The molecule has 1 aromatic heterocycles. The predicted octanol–water partition coefficient (Wildman–Crippen LogP) is 2.05. The zero-order valence-corrected chi connectivity index (χ0v) is 16.0. The van der Waals surface area contributed by atoms with Gasteiger partial charge in [-0.05, 0) is 37.1 Å². The number of hydrogen-bond acceptors (Lipinski definition) is 5. The van der Waals surface area contributed by atoms with Crippen LogP contribution in [-0.2, 0) is 14.8 Å². The molecule has 6 nitrogen and oxygen atoms in total. The minimum Gasteiger partial charge on any atom is -0.379 e. The van der Waals surface area contributed by atoms with Crippen molar-refractivity contribution in [1.29, 1.82) is 0 Å². The van der Waals surface area contributed by atoms with Crippen LogP contribution in [0.2, 0.25) is 0 Å². The van der Waals surface area contributed by atoms with Gasteiger partial charge in [-0.3, -0.25) is 9.88 Å². The summed E-state index contributed by atoms with van der Waals surface area (Å²) in [6.45, 7) is 6.91. The first-order chi connectivity index (χ1) is 12.5. The summed E-state index contributed by atoms with van der Waals surface area (Å²) in [5.74, 6) is 0. The lowest BCUT2D eigenvalue weighted by molar-refractivity contribution is 0.0171. The first-order valence-electron chi connectivity index (χ1n) is 8.76. The van der Waals surface area contributed by atoms with Crippen molar-refractivity contribution >= 4 is 10.0 Å². The highest BCUT2D eigenvalue weighted by Gasteiger charge is 2.25. The van der Waals surface area contributed by atoms with E-state index >= 15 is 0 Å². The van der Waals surface area contributed by atoms with E-state index in [-0.39, 0.29) is 6.04 Å². The minimum atomic E-state index is -3.58. The van der Waals surface area contributed by atoms with E-state index < -0.39 is 10.0 Å². The van der Waals surface area contributed by atoms with Crippen molar-refractivity contribution < 1.29 is 13.2 Å². The average molecular weight is 375 g/mol. The van der Waals surface area contributed by atoms with Gasteiger partial charge in [-0.1, -0.05) is 23.8 Å². The lowest BCUT2D eigenvalue weighted by Gasteiger charge is -2.34. The van der Waals surface area contributed by atoms with Gasteiger partial charge < -0.3 is 4.74 Å². The minimum absolute atomic E-state index is 0.0758. The standard InChI is InChI=1S/C19H25N3O3S/c1-15-5-6-19(16(2)12-15)26(23,24)21-14-18(17-4-3-7-20-13-17)22-8-10-25-11-9-22/h3-7,12-13,18,21H,8-11,14H2,1-2H3. The zero-order valence-electron chi connectivity index (χ0n) is 15.2. The monoisotopic (exact) mass is 375 g/mol. The van der Waals surface area contributed by atoms with Crippen LogP contribution in [0.1, 0.15) is 22.7 Å². The van der Waals surface area contributed by atoms with Crippen LogP contribution in [0.15, 0.2) is 47.6 Å². The molecule has 7 heteroatoms. The molecule has 1 saturated heterocycles. The number of hydrogen-bond donors (Lipinski definition) is 1. The van der Waals surface area contributed by atoms with Crippen molar-refractivity contribution in [3.05, 3.63) is 59.4 Å². The third-order valence-electron chi connectivity index (χ3n) is 4.64. The summed E-state index contributed by atoms with van der Waals surface area (Å²) >= 11 is 0. The molecule has 1 aromatic carbocycles. The number of aryl methyl sites for hydroxylation is 2. The van der Waals surface area contributed by atoms with Crippen LogP contribution in [-0.4, -0.2) is 51.1 Å². The fraction of sp³-hybridized carbons (Fsp3) is 0.421. The largest absolute Gasteiger partial charge is 0.379 e. The van der Waals surface area contributed by atoms with Crippen molar-refractivity contribution in [3.8, 4) is 0 Å². The van der Waals surface area contributed by atoms with E-state index in [0.29, 0.717) is 24.7 Å². The summed E-state index contributed by atoms with van der Waals surface area (Å²) < 4.78 is 33.9. The maximum Gasteiger partial charge on any atom is 0.240 e. The van der Waals surface area contributed by atoms with Gasteiger partial charge in [0.05, 0.1) is 24.2 Å². The molecule has 3 rings (SSSR count). The molecule has 1 aliphatic heterocycles. The van der Waals surface area contributed by atoms with Gasteiger partial charge in [-0.2, -0.15) is 0 Å². The summed E-state index contributed by atoms with van der Waals surface area (Å²) in [5, 5.41) is 0. The topological polar surface area (TPSA) is 71.5 Å². The third-order valence-corrected chi connectivity index (χ3v) is 6.23. The van der Waals surface area contributed by atoms with Gasteiger partial charge >= 0.3 is 0 Å². The number of rotatable bonds is 6. The Hall–Kier alpha value is -1.80. The molecule has 0 radical (unpaired) electrons. The van der Waals surface area contributed by atoms with Crippen molar-refractivity contribution in [1.82, 2.24) is 14.6 Å². The number of nitrogens with one attached hydrogen (secondary N) is 1. The molecule has 2 heterocycles. The molecule has 140 valence electrons. The molecule has 1 unspecified atom stereocenters. The fourth-order valence-corrected chi connectivity index (χ4v) is 4.55. The molecule has 1 aliphatic rings. The molecule has 1 N–H and O–H groups in total. The molecule has 0 saturated carbocycles. The van der Waals surface area contributed by atoms with Crippen LogP contribution in [0, 0.1) is 13.8 Å². The predicted molar refractivity (Wildman–Crippen MR) is 100 cm³/mol. The van der Waals surface area contributed by atoms with E-state index in [4.69, 9.17) is 4.74 Å². The second-order valence-corrected chi connectivity index (χ2v) is 8.31. The summed E-state index contributed by atoms with van der Waals surface area (Å²) in [5.41, 5.74) is 2.79. The van der Waals surface area contributed by atoms with Crippen molar-refractivity contribution in [3.63, 3.8) is 0 Å². The highest BCUT2D eigenvalue weighted by Crippen LogP contribution is 2.22. The Morgan fingerprint density at radius 2 is 2.00 bits per heavy atom. The zero-order chi connectivity index (χ0) is 18.6.